The van der Waals surface area contributed by atoms with Gasteiger partial charge in [-0.3, -0.25) is 10.2 Å². The molecular formula is C19H19N5OS. The van der Waals surface area contributed by atoms with Crippen molar-refractivity contribution in [2.45, 2.75) is 0 Å². The number of thiocarbonyl (C=S) groups is 1. The van der Waals surface area contributed by atoms with Crippen molar-refractivity contribution in [2.24, 2.45) is 10.7 Å². The van der Waals surface area contributed by atoms with Gasteiger partial charge in [-0.25, -0.2) is 4.99 Å². The maximum absolute atomic E-state index is 12.8. The highest BCUT2D eigenvalue weighted by atomic mass is 32.1. The summed E-state index contributed by atoms with van der Waals surface area (Å²) >= 11 is 4.89. The van der Waals surface area contributed by atoms with Crippen LogP contribution in [-0.2, 0) is 4.79 Å². The Labute approximate surface area is 157 Å². The molecule has 1 aliphatic heterocycles. The Balaban J connectivity index is 1.97. The maximum atomic E-state index is 12.8. The Morgan fingerprint density at radius 2 is 1.81 bits per heavy atom. The number of hydrogen-bond acceptors (Lipinski definition) is 4. The van der Waals surface area contributed by atoms with E-state index in [0.717, 1.165) is 16.8 Å². The van der Waals surface area contributed by atoms with Crippen LogP contribution in [0, 0.1) is 0 Å². The van der Waals surface area contributed by atoms with Crippen LogP contribution >= 0.6 is 12.2 Å². The van der Waals surface area contributed by atoms with Crippen LogP contribution in [0.15, 0.2) is 65.3 Å². The van der Waals surface area contributed by atoms with Gasteiger partial charge in [0.25, 0.3) is 5.91 Å². The number of nitrogens with zero attached hydrogens (tertiary/aromatic N) is 3. The van der Waals surface area contributed by atoms with Crippen LogP contribution < -0.4 is 16.1 Å². The lowest BCUT2D eigenvalue weighted by molar-refractivity contribution is -0.123. The van der Waals surface area contributed by atoms with Gasteiger partial charge in [0.2, 0.25) is 0 Å². The normalized spacial score (nSPS) is 15.2. The van der Waals surface area contributed by atoms with Crippen molar-refractivity contribution in [3.63, 3.8) is 0 Å². The molecule has 1 heterocycles. The van der Waals surface area contributed by atoms with E-state index in [0.29, 0.717) is 11.5 Å². The molecule has 0 bridgehead atoms. The summed E-state index contributed by atoms with van der Waals surface area (Å²) < 4.78 is 0. The van der Waals surface area contributed by atoms with E-state index in [1.165, 1.54) is 5.01 Å². The zero-order valence-electron chi connectivity index (χ0n) is 14.5. The number of nitrogens with two attached hydrogens (primary N) is 1. The molecule has 0 unspecified atom stereocenters. The van der Waals surface area contributed by atoms with Crippen molar-refractivity contribution < 1.29 is 4.79 Å². The highest BCUT2D eigenvalue weighted by molar-refractivity contribution is 7.80. The SMILES string of the molecule is CN(C)c1ccc(/C=C2\N=C(c3ccccc3)N(NC(N)=S)C2=O)cc1. The summed E-state index contributed by atoms with van der Waals surface area (Å²) in [5, 5.41) is 1.27. The van der Waals surface area contributed by atoms with E-state index >= 15 is 0 Å². The van der Waals surface area contributed by atoms with E-state index in [9.17, 15) is 4.79 Å². The second-order valence-electron chi connectivity index (χ2n) is 5.93. The summed E-state index contributed by atoms with van der Waals surface area (Å²) in [5.74, 6) is 0.146. The van der Waals surface area contributed by atoms with Gasteiger partial charge in [0, 0.05) is 25.3 Å². The summed E-state index contributed by atoms with van der Waals surface area (Å²) in [5.41, 5.74) is 11.3. The minimum atomic E-state index is -0.312. The summed E-state index contributed by atoms with van der Waals surface area (Å²) in [6, 6.07) is 17.2. The Bertz CT molecular complexity index is 888. The first-order valence-electron chi connectivity index (χ1n) is 7.99. The molecule has 2 aromatic carbocycles. The Hall–Kier alpha value is -3.19. The lowest BCUT2D eigenvalue weighted by Gasteiger charge is -2.18. The molecule has 0 aliphatic carbocycles. The third kappa shape index (κ3) is 3.73. The Morgan fingerprint density at radius 1 is 1.15 bits per heavy atom. The van der Waals surface area contributed by atoms with Crippen LogP contribution in [0.5, 0.6) is 0 Å². The second kappa shape index (κ2) is 7.37. The molecule has 2 aromatic rings. The highest BCUT2D eigenvalue weighted by Gasteiger charge is 2.31. The van der Waals surface area contributed by atoms with Crippen molar-refractivity contribution >= 4 is 40.8 Å². The lowest BCUT2D eigenvalue weighted by Crippen LogP contribution is -2.49. The van der Waals surface area contributed by atoms with Crippen LogP contribution in [0.2, 0.25) is 0 Å². The van der Waals surface area contributed by atoms with Gasteiger partial charge in [-0.05, 0) is 36.0 Å². The van der Waals surface area contributed by atoms with Gasteiger partial charge in [0.05, 0.1) is 0 Å². The summed E-state index contributed by atoms with van der Waals surface area (Å²) in [4.78, 5) is 19.3. The van der Waals surface area contributed by atoms with E-state index in [1.54, 1.807) is 6.08 Å². The first-order valence-corrected chi connectivity index (χ1v) is 8.40. The number of rotatable bonds is 4. The van der Waals surface area contributed by atoms with Gasteiger partial charge in [0.1, 0.15) is 5.70 Å². The van der Waals surface area contributed by atoms with Gasteiger partial charge in [-0.15, -0.1) is 0 Å². The second-order valence-corrected chi connectivity index (χ2v) is 6.37. The number of benzene rings is 2. The fraction of sp³-hybridized carbons (Fsp3) is 0.105. The van der Waals surface area contributed by atoms with Gasteiger partial charge >= 0.3 is 0 Å². The molecule has 1 aliphatic rings. The third-order valence-corrected chi connectivity index (χ3v) is 3.92. The third-order valence-electron chi connectivity index (χ3n) is 3.83. The van der Waals surface area contributed by atoms with Crippen molar-refractivity contribution in [3.05, 3.63) is 71.4 Å². The molecule has 0 fully saturated rings. The maximum Gasteiger partial charge on any atom is 0.297 e. The molecule has 0 saturated heterocycles. The first kappa shape index (κ1) is 17.6. The van der Waals surface area contributed by atoms with Crippen LogP contribution in [0.25, 0.3) is 6.08 Å². The zero-order chi connectivity index (χ0) is 18.7. The van der Waals surface area contributed by atoms with Gasteiger partial charge in [0.15, 0.2) is 10.9 Å². The van der Waals surface area contributed by atoms with E-state index < -0.39 is 0 Å². The quantitative estimate of drug-likeness (QED) is 0.641. The van der Waals surface area contributed by atoms with Crippen LogP contribution in [0.1, 0.15) is 11.1 Å². The Kier molecular flexibility index (Phi) is 4.99. The fourth-order valence-electron chi connectivity index (χ4n) is 2.54. The number of anilines is 1. The molecular weight excluding hydrogens is 346 g/mol. The van der Waals surface area contributed by atoms with Crippen LogP contribution in [0.4, 0.5) is 5.69 Å². The minimum absolute atomic E-state index is 0.00133. The molecule has 7 heteroatoms. The number of aliphatic imine (C=N–C) groups is 1. The van der Waals surface area contributed by atoms with E-state index in [2.05, 4.69) is 10.4 Å². The zero-order valence-corrected chi connectivity index (χ0v) is 15.3. The molecule has 26 heavy (non-hydrogen) atoms. The number of carbonyl (C=O) groups is 1. The highest BCUT2D eigenvalue weighted by Crippen LogP contribution is 2.21. The molecule has 0 atom stereocenters. The average molecular weight is 365 g/mol. The molecule has 0 spiro atoms. The molecule has 0 saturated carbocycles. The molecule has 132 valence electrons. The monoisotopic (exact) mass is 365 g/mol. The van der Waals surface area contributed by atoms with Gasteiger partial charge in [-0.2, -0.15) is 5.01 Å². The number of amidine groups is 1. The fourth-order valence-corrected chi connectivity index (χ4v) is 2.63. The number of carbonyl (C=O) groups excluding carboxylic acids is 1. The first-order chi connectivity index (χ1) is 12.5. The topological polar surface area (TPSA) is 74.0 Å². The standard InChI is InChI=1S/C19H19N5OS/c1-23(2)15-10-8-13(9-11-15)12-16-18(25)24(22-19(20)26)17(21-16)14-6-4-3-5-7-14/h3-12H,1-2H3,(H3,20,22,26)/b16-12-. The number of hydrogen-bond donors (Lipinski definition) is 2. The van der Waals surface area contributed by atoms with Crippen LogP contribution in [-0.4, -0.2) is 36.0 Å². The molecule has 0 aromatic heterocycles. The summed E-state index contributed by atoms with van der Waals surface area (Å²) in [6.45, 7) is 0. The summed E-state index contributed by atoms with van der Waals surface area (Å²) in [6.07, 6.45) is 1.74. The molecule has 0 radical (unpaired) electrons. The van der Waals surface area contributed by atoms with Crippen molar-refractivity contribution in [1.82, 2.24) is 10.4 Å². The number of amides is 1. The molecule has 1 amide bonds. The predicted molar refractivity (Wildman–Crippen MR) is 108 cm³/mol. The minimum Gasteiger partial charge on any atom is -0.378 e. The van der Waals surface area contributed by atoms with Crippen molar-refractivity contribution in [2.75, 3.05) is 19.0 Å². The lowest BCUT2D eigenvalue weighted by atomic mass is 10.1. The van der Waals surface area contributed by atoms with Crippen molar-refractivity contribution in [1.29, 1.82) is 0 Å². The molecule has 3 rings (SSSR count). The van der Waals surface area contributed by atoms with E-state index in [4.69, 9.17) is 18.0 Å². The van der Waals surface area contributed by atoms with E-state index in [1.807, 2.05) is 73.6 Å². The smallest absolute Gasteiger partial charge is 0.297 e. The van der Waals surface area contributed by atoms with Gasteiger partial charge in [-0.1, -0.05) is 42.5 Å². The molecule has 6 nitrogen and oxygen atoms in total. The van der Waals surface area contributed by atoms with Crippen LogP contribution in [0.3, 0.4) is 0 Å². The largest absolute Gasteiger partial charge is 0.378 e. The van der Waals surface area contributed by atoms with Gasteiger partial charge < -0.3 is 10.6 Å². The predicted octanol–water partition coefficient (Wildman–Crippen LogP) is 2.13. The Morgan fingerprint density at radius 3 is 2.38 bits per heavy atom. The van der Waals surface area contributed by atoms with Crippen molar-refractivity contribution in [3.8, 4) is 0 Å². The summed E-state index contributed by atoms with van der Waals surface area (Å²) in [7, 11) is 3.95. The molecule has 3 N–H and O–H groups in total. The average Bonchev–Trinajstić information content (AvgIpc) is 2.92. The van der Waals surface area contributed by atoms with E-state index in [-0.39, 0.29) is 11.0 Å². The number of hydrazine groups is 1. The number of nitrogens with one attached hydrogen (secondary N) is 1.